The van der Waals surface area contributed by atoms with Crippen molar-refractivity contribution in [3.05, 3.63) is 0 Å². The summed E-state index contributed by atoms with van der Waals surface area (Å²) in [5.74, 6) is 3.65. The molecule has 0 aromatic carbocycles. The van der Waals surface area contributed by atoms with E-state index in [1.165, 1.54) is 106 Å². The molecule has 1 spiro atoms. The van der Waals surface area contributed by atoms with Crippen molar-refractivity contribution in [2.75, 3.05) is 46.8 Å². The van der Waals surface area contributed by atoms with Gasteiger partial charge in [-0.1, -0.05) is 34.1 Å². The molecule has 0 saturated carbocycles. The lowest BCUT2D eigenvalue weighted by molar-refractivity contribution is -0.955. The minimum Gasteiger partial charge on any atom is -0.328 e. The van der Waals surface area contributed by atoms with Crippen molar-refractivity contribution in [2.24, 2.45) is 23.7 Å². The number of rotatable bonds is 10. The van der Waals surface area contributed by atoms with Gasteiger partial charge in [-0.3, -0.25) is 0 Å². The molecule has 5 unspecified atom stereocenters. The summed E-state index contributed by atoms with van der Waals surface area (Å²) < 4.78 is 2.69. The Morgan fingerprint density at radius 3 is 2.21 bits per heavy atom. The van der Waals surface area contributed by atoms with Gasteiger partial charge in [0.1, 0.15) is 0 Å². The summed E-state index contributed by atoms with van der Waals surface area (Å²) in [5.41, 5.74) is 0. The minimum atomic E-state index is 0.870. The maximum atomic E-state index is 2.58. The molecule has 2 fully saturated rings. The Balaban J connectivity index is 1.83. The van der Waals surface area contributed by atoms with Gasteiger partial charge in [-0.2, -0.15) is 0 Å². The van der Waals surface area contributed by atoms with Crippen LogP contribution in [0.2, 0.25) is 0 Å². The first-order chi connectivity index (χ1) is 13.7. The Labute approximate surface area is 184 Å². The van der Waals surface area contributed by atoms with Crippen LogP contribution in [0.1, 0.15) is 98.8 Å². The summed E-state index contributed by atoms with van der Waals surface area (Å²) in [4.78, 5) is 0. The highest BCUT2D eigenvalue weighted by atomic mass is 15.4. The van der Waals surface area contributed by atoms with Crippen LogP contribution < -0.4 is 0 Å². The van der Waals surface area contributed by atoms with Crippen LogP contribution in [0, 0.1) is 23.7 Å². The Hall–Kier alpha value is -0.0800. The Kier molecular flexibility index (Phi) is 10.00. The van der Waals surface area contributed by atoms with Crippen LogP contribution in [0.4, 0.5) is 0 Å². The molecule has 2 nitrogen and oxygen atoms in total. The lowest BCUT2D eigenvalue weighted by atomic mass is 9.83. The summed E-state index contributed by atoms with van der Waals surface area (Å²) in [6.45, 7) is 19.6. The van der Waals surface area contributed by atoms with Crippen LogP contribution in [-0.2, 0) is 0 Å². The molecule has 29 heavy (non-hydrogen) atoms. The van der Waals surface area contributed by atoms with E-state index in [2.05, 4.69) is 48.7 Å². The quantitative estimate of drug-likeness (QED) is 0.351. The van der Waals surface area contributed by atoms with E-state index >= 15 is 0 Å². The summed E-state index contributed by atoms with van der Waals surface area (Å²) in [5, 5.41) is 0. The van der Waals surface area contributed by atoms with Gasteiger partial charge in [0.05, 0.1) is 52.9 Å². The number of nitrogens with zero attached hydrogens (tertiary/aromatic N) is 2. The van der Waals surface area contributed by atoms with Crippen molar-refractivity contribution in [1.29, 1.82) is 0 Å². The van der Waals surface area contributed by atoms with Crippen LogP contribution >= 0.6 is 0 Å². The Morgan fingerprint density at radius 1 is 0.897 bits per heavy atom. The molecular formula is C27H56N2+2. The second kappa shape index (κ2) is 11.5. The van der Waals surface area contributed by atoms with Crippen molar-refractivity contribution < 1.29 is 8.97 Å². The maximum absolute atomic E-state index is 2.58. The van der Waals surface area contributed by atoms with E-state index in [1.54, 1.807) is 0 Å². The summed E-state index contributed by atoms with van der Waals surface area (Å²) in [6, 6.07) is 0.898. The molecule has 0 aliphatic carbocycles. The molecule has 2 rings (SSSR count). The fourth-order valence-corrected chi connectivity index (χ4v) is 6.53. The molecule has 2 aliphatic rings. The number of quaternary nitrogens is 2. The number of hydrogen-bond acceptors (Lipinski definition) is 0. The van der Waals surface area contributed by atoms with Crippen LogP contribution in [0.15, 0.2) is 0 Å². The monoisotopic (exact) mass is 408 g/mol. The average Bonchev–Trinajstić information content (AvgIpc) is 2.79. The third-order valence-corrected chi connectivity index (χ3v) is 9.05. The first-order valence-electron chi connectivity index (χ1n) is 13.3. The zero-order chi connectivity index (χ0) is 21.5. The lowest BCUT2D eigenvalue weighted by Gasteiger charge is -2.47. The van der Waals surface area contributed by atoms with Gasteiger partial charge >= 0.3 is 0 Å². The maximum Gasteiger partial charge on any atom is 0.0864 e. The van der Waals surface area contributed by atoms with Crippen LogP contribution in [0.3, 0.4) is 0 Å². The fourth-order valence-electron chi connectivity index (χ4n) is 6.53. The molecular weight excluding hydrogens is 352 g/mol. The molecule has 0 bridgehead atoms. The van der Waals surface area contributed by atoms with Gasteiger partial charge in [0.2, 0.25) is 0 Å². The molecule has 0 N–H and O–H groups in total. The summed E-state index contributed by atoms with van der Waals surface area (Å²) in [7, 11) is 4.87. The van der Waals surface area contributed by atoms with Crippen molar-refractivity contribution in [2.45, 2.75) is 105 Å². The molecule has 5 atom stereocenters. The van der Waals surface area contributed by atoms with E-state index in [-0.39, 0.29) is 0 Å². The van der Waals surface area contributed by atoms with Gasteiger partial charge in [-0.25, -0.2) is 0 Å². The van der Waals surface area contributed by atoms with E-state index in [4.69, 9.17) is 0 Å². The van der Waals surface area contributed by atoms with Gasteiger partial charge in [0, 0.05) is 12.3 Å². The van der Waals surface area contributed by atoms with Crippen LogP contribution in [0.5, 0.6) is 0 Å². The topological polar surface area (TPSA) is 0 Å². The number of unbranched alkanes of at least 4 members (excludes halogenated alkanes) is 1. The third kappa shape index (κ3) is 7.84. The molecule has 0 amide bonds. The smallest absolute Gasteiger partial charge is 0.0864 e. The van der Waals surface area contributed by atoms with Gasteiger partial charge in [-0.15, -0.1) is 0 Å². The Bertz CT molecular complexity index is 451. The molecule has 0 aromatic rings. The summed E-state index contributed by atoms with van der Waals surface area (Å²) >= 11 is 0. The zero-order valence-electron chi connectivity index (χ0n) is 21.4. The zero-order valence-corrected chi connectivity index (χ0v) is 21.4. The van der Waals surface area contributed by atoms with Gasteiger partial charge < -0.3 is 8.97 Å². The largest absolute Gasteiger partial charge is 0.328 e. The van der Waals surface area contributed by atoms with Crippen molar-refractivity contribution in [1.82, 2.24) is 0 Å². The van der Waals surface area contributed by atoms with Gasteiger partial charge in [0.25, 0.3) is 0 Å². The van der Waals surface area contributed by atoms with E-state index in [1.807, 2.05) is 0 Å². The normalized spacial score (nSPS) is 30.1. The van der Waals surface area contributed by atoms with Gasteiger partial charge in [-0.05, 0) is 76.0 Å². The Morgan fingerprint density at radius 2 is 1.55 bits per heavy atom. The van der Waals surface area contributed by atoms with E-state index < -0.39 is 0 Å². The van der Waals surface area contributed by atoms with Crippen molar-refractivity contribution in [3.63, 3.8) is 0 Å². The van der Waals surface area contributed by atoms with E-state index in [0.717, 1.165) is 29.7 Å². The second-order valence-corrected chi connectivity index (χ2v) is 12.3. The molecule has 2 heteroatoms. The van der Waals surface area contributed by atoms with Crippen LogP contribution in [0.25, 0.3) is 0 Å². The van der Waals surface area contributed by atoms with E-state index in [9.17, 15) is 0 Å². The van der Waals surface area contributed by atoms with E-state index in [0.29, 0.717) is 0 Å². The number of piperidine rings is 1. The second-order valence-electron chi connectivity index (χ2n) is 12.3. The average molecular weight is 409 g/mol. The highest BCUT2D eigenvalue weighted by Crippen LogP contribution is 2.37. The predicted molar refractivity (Wildman–Crippen MR) is 129 cm³/mol. The molecule has 172 valence electrons. The van der Waals surface area contributed by atoms with Crippen LogP contribution in [-0.4, -0.2) is 61.8 Å². The molecule has 0 radical (unpaired) electrons. The third-order valence-electron chi connectivity index (χ3n) is 9.05. The van der Waals surface area contributed by atoms with Crippen molar-refractivity contribution in [3.8, 4) is 0 Å². The molecule has 2 heterocycles. The molecule has 2 saturated heterocycles. The standard InChI is InChI=1S/C27H56N2/c1-8-9-16-28(6,7)19-15-25(4)24(3)13-14-27-21-23(2)20-26(5)29(22-27)17-11-10-12-18-29/h23-27H,8-22H2,1-7H3/q+2. The SMILES string of the molecule is CCCC[N+](C)(C)CCC(C)C(C)CCC1CC(C)CC(C)[N+]2(CCCCC2)C1. The van der Waals surface area contributed by atoms with Crippen molar-refractivity contribution >= 4 is 0 Å². The molecule has 0 aromatic heterocycles. The highest BCUT2D eigenvalue weighted by molar-refractivity contribution is 4.76. The predicted octanol–water partition coefficient (Wildman–Crippen LogP) is 6.74. The fraction of sp³-hybridized carbons (Fsp3) is 1.00. The first-order valence-corrected chi connectivity index (χ1v) is 13.3. The lowest BCUT2D eigenvalue weighted by Crippen LogP contribution is -2.58. The number of hydrogen-bond donors (Lipinski definition) is 0. The van der Waals surface area contributed by atoms with Gasteiger partial charge in [0.15, 0.2) is 0 Å². The minimum absolute atomic E-state index is 0.870. The summed E-state index contributed by atoms with van der Waals surface area (Å²) in [6.07, 6.45) is 14.4. The molecule has 2 aliphatic heterocycles. The first kappa shape index (κ1) is 25.2. The highest BCUT2D eigenvalue weighted by Gasteiger charge is 2.41.